The molecule has 29 heavy (non-hydrogen) atoms. The van der Waals surface area contributed by atoms with Crippen LogP contribution in [0.15, 0.2) is 24.8 Å². The quantitative estimate of drug-likeness (QED) is 0.124. The van der Waals surface area contributed by atoms with E-state index in [0.29, 0.717) is 6.54 Å². The van der Waals surface area contributed by atoms with Gasteiger partial charge in [-0.25, -0.2) is 0 Å². The second-order valence-corrected chi connectivity index (χ2v) is 9.81. The van der Waals surface area contributed by atoms with Crippen molar-refractivity contribution in [3.63, 3.8) is 0 Å². The highest BCUT2D eigenvalue weighted by Gasteiger charge is 2.14. The van der Waals surface area contributed by atoms with E-state index in [1.807, 2.05) is 13.0 Å². The van der Waals surface area contributed by atoms with E-state index in [1.54, 1.807) is 0 Å². The van der Waals surface area contributed by atoms with Crippen molar-refractivity contribution in [1.29, 1.82) is 0 Å². The zero-order valence-electron chi connectivity index (χ0n) is 19.2. The van der Waals surface area contributed by atoms with Gasteiger partial charge in [0.15, 0.2) is 0 Å². The molecule has 4 nitrogen and oxygen atoms in total. The lowest BCUT2D eigenvalue weighted by atomic mass is 10.1. The summed E-state index contributed by atoms with van der Waals surface area (Å²) in [7, 11) is -3.90. The van der Waals surface area contributed by atoms with Crippen molar-refractivity contribution in [2.24, 2.45) is 0 Å². The topological polar surface area (TPSA) is 57.6 Å². The molecule has 1 atom stereocenters. The predicted octanol–water partition coefficient (Wildman–Crippen LogP) is 6.79. The van der Waals surface area contributed by atoms with Gasteiger partial charge >= 0.3 is 0 Å². The smallest absolute Gasteiger partial charge is 0.266 e. The van der Waals surface area contributed by atoms with E-state index in [2.05, 4.69) is 30.6 Å². The molecule has 0 radical (unpaired) electrons. The minimum Gasteiger partial charge on any atom is -0.296 e. The van der Waals surface area contributed by atoms with E-state index in [1.165, 1.54) is 83.5 Å². The fourth-order valence-electron chi connectivity index (χ4n) is 3.46. The molecule has 0 rings (SSSR count). The molecule has 5 heteroatoms. The summed E-state index contributed by atoms with van der Waals surface area (Å²) in [4.78, 5) is 2.08. The van der Waals surface area contributed by atoms with Gasteiger partial charge in [0.1, 0.15) is 0 Å². The summed E-state index contributed by atoms with van der Waals surface area (Å²) in [6, 6.07) is 0.125. The summed E-state index contributed by atoms with van der Waals surface area (Å²) in [5.41, 5.74) is 0. The van der Waals surface area contributed by atoms with Gasteiger partial charge in [0.2, 0.25) is 0 Å². The molecule has 0 aromatic carbocycles. The Morgan fingerprint density at radius 3 is 1.79 bits per heavy atom. The van der Waals surface area contributed by atoms with Crippen molar-refractivity contribution in [2.75, 3.05) is 18.8 Å². The summed E-state index contributed by atoms with van der Waals surface area (Å²) >= 11 is 0. The van der Waals surface area contributed by atoms with Gasteiger partial charge in [-0.3, -0.25) is 9.45 Å². The monoisotopic (exact) mass is 429 g/mol. The Labute approximate surface area is 181 Å². The molecule has 0 amide bonds. The molecule has 0 fully saturated rings. The maximum absolute atomic E-state index is 11.0. The molecule has 0 aliphatic rings. The number of hydrogen-bond acceptors (Lipinski definition) is 3. The highest BCUT2D eigenvalue weighted by atomic mass is 32.2. The average molecular weight is 430 g/mol. The van der Waals surface area contributed by atoms with Crippen LogP contribution in [0.3, 0.4) is 0 Å². The molecule has 0 aliphatic carbocycles. The maximum atomic E-state index is 11.0. The average Bonchev–Trinajstić information content (AvgIpc) is 2.68. The Hall–Kier alpha value is -0.650. The van der Waals surface area contributed by atoms with E-state index in [0.717, 1.165) is 13.0 Å². The molecular formula is C24H47NO3S. The summed E-state index contributed by atoms with van der Waals surface area (Å²) in [6.45, 7) is 9.27. The van der Waals surface area contributed by atoms with Crippen molar-refractivity contribution in [3.8, 4) is 0 Å². The third kappa shape index (κ3) is 20.4. The van der Waals surface area contributed by atoms with Gasteiger partial charge in [-0.05, 0) is 45.6 Å². The Balaban J connectivity index is 3.58. The van der Waals surface area contributed by atoms with Crippen molar-refractivity contribution in [1.82, 2.24) is 4.90 Å². The van der Waals surface area contributed by atoms with Crippen molar-refractivity contribution >= 4 is 10.1 Å². The summed E-state index contributed by atoms with van der Waals surface area (Å²) in [6.07, 6.45) is 24.5. The molecule has 1 N–H and O–H groups in total. The predicted molar refractivity (Wildman–Crippen MR) is 127 cm³/mol. The zero-order chi connectivity index (χ0) is 21.8. The molecule has 0 spiro atoms. The van der Waals surface area contributed by atoms with Crippen LogP contribution < -0.4 is 0 Å². The third-order valence-electron chi connectivity index (χ3n) is 5.51. The SMILES string of the molecule is C=CC(C)N(CCCCCCCC/C=C\CCCCCCCC)CCS(=O)(=O)O. The number of unbranched alkanes of at least 4 members (excludes halogenated alkanes) is 12. The third-order valence-corrected chi connectivity index (χ3v) is 6.21. The lowest BCUT2D eigenvalue weighted by Crippen LogP contribution is -2.36. The highest BCUT2D eigenvalue weighted by molar-refractivity contribution is 7.85. The number of allylic oxidation sites excluding steroid dienone is 2. The van der Waals surface area contributed by atoms with Crippen LogP contribution >= 0.6 is 0 Å². The minimum atomic E-state index is -3.90. The molecule has 0 aromatic heterocycles. The van der Waals surface area contributed by atoms with Gasteiger partial charge in [-0.2, -0.15) is 8.42 Å². The van der Waals surface area contributed by atoms with Gasteiger partial charge in [0.25, 0.3) is 10.1 Å². The minimum absolute atomic E-state index is 0.125. The molecule has 1 unspecified atom stereocenters. The first-order chi connectivity index (χ1) is 13.9. The molecular weight excluding hydrogens is 382 g/mol. The first kappa shape index (κ1) is 28.4. The van der Waals surface area contributed by atoms with Crippen LogP contribution in [0.1, 0.15) is 104 Å². The fraction of sp³-hybridized carbons (Fsp3) is 0.833. The van der Waals surface area contributed by atoms with E-state index in [9.17, 15) is 8.42 Å². The highest BCUT2D eigenvalue weighted by Crippen LogP contribution is 2.11. The Morgan fingerprint density at radius 1 is 0.828 bits per heavy atom. The van der Waals surface area contributed by atoms with Crippen molar-refractivity contribution in [3.05, 3.63) is 24.8 Å². The summed E-state index contributed by atoms with van der Waals surface area (Å²) < 4.78 is 30.9. The molecule has 0 saturated heterocycles. The van der Waals surface area contributed by atoms with Gasteiger partial charge in [0.05, 0.1) is 5.75 Å². The van der Waals surface area contributed by atoms with Crippen LogP contribution in [0.4, 0.5) is 0 Å². The lowest BCUT2D eigenvalue weighted by molar-refractivity contribution is 0.247. The normalized spacial score (nSPS) is 13.4. The molecule has 172 valence electrons. The number of nitrogens with zero attached hydrogens (tertiary/aromatic N) is 1. The fourth-order valence-corrected chi connectivity index (χ4v) is 3.93. The summed E-state index contributed by atoms with van der Waals surface area (Å²) in [5, 5.41) is 0. The van der Waals surface area contributed by atoms with Gasteiger partial charge < -0.3 is 0 Å². The molecule has 0 aromatic rings. The second-order valence-electron chi connectivity index (χ2n) is 8.24. The van der Waals surface area contributed by atoms with Gasteiger partial charge in [-0.15, -0.1) is 6.58 Å². The Bertz CT molecular complexity index is 502. The van der Waals surface area contributed by atoms with Crippen LogP contribution in [0.2, 0.25) is 0 Å². The standard InChI is InChI=1S/C24H47NO3S/c1-4-6-7-8-9-10-11-12-13-14-15-16-17-18-19-20-21-25(24(3)5-2)22-23-29(26,27)28/h5,12-13,24H,2,4,6-11,14-23H2,1,3H3,(H,26,27,28)/b13-12-. The molecule has 0 heterocycles. The molecule has 0 aliphatic heterocycles. The first-order valence-electron chi connectivity index (χ1n) is 11.9. The molecule has 0 bridgehead atoms. The van der Waals surface area contributed by atoms with Gasteiger partial charge in [-0.1, -0.05) is 82.9 Å². The first-order valence-corrected chi connectivity index (χ1v) is 13.5. The largest absolute Gasteiger partial charge is 0.296 e. The van der Waals surface area contributed by atoms with Gasteiger partial charge in [0, 0.05) is 12.6 Å². The van der Waals surface area contributed by atoms with Crippen LogP contribution in [-0.2, 0) is 10.1 Å². The van der Waals surface area contributed by atoms with Crippen molar-refractivity contribution in [2.45, 2.75) is 110 Å². The van der Waals surface area contributed by atoms with E-state index >= 15 is 0 Å². The summed E-state index contributed by atoms with van der Waals surface area (Å²) in [5.74, 6) is -0.211. The van der Waals surface area contributed by atoms with E-state index < -0.39 is 10.1 Å². The van der Waals surface area contributed by atoms with Crippen LogP contribution in [-0.4, -0.2) is 42.8 Å². The second kappa shape index (κ2) is 19.3. The Kier molecular flexibility index (Phi) is 18.9. The molecule has 0 saturated carbocycles. The van der Waals surface area contributed by atoms with Crippen LogP contribution in [0, 0.1) is 0 Å². The maximum Gasteiger partial charge on any atom is 0.266 e. The van der Waals surface area contributed by atoms with E-state index in [4.69, 9.17) is 4.55 Å². The number of hydrogen-bond donors (Lipinski definition) is 1. The number of rotatable bonds is 21. The van der Waals surface area contributed by atoms with Crippen molar-refractivity contribution < 1.29 is 13.0 Å². The van der Waals surface area contributed by atoms with Crippen LogP contribution in [0.5, 0.6) is 0 Å². The lowest BCUT2D eigenvalue weighted by Gasteiger charge is -2.26. The van der Waals surface area contributed by atoms with Crippen LogP contribution in [0.25, 0.3) is 0 Å². The Morgan fingerprint density at radius 2 is 1.31 bits per heavy atom. The van der Waals surface area contributed by atoms with E-state index in [-0.39, 0.29) is 11.8 Å². The zero-order valence-corrected chi connectivity index (χ0v) is 20.0.